The van der Waals surface area contributed by atoms with Gasteiger partial charge in [0.2, 0.25) is 0 Å². The van der Waals surface area contributed by atoms with Gasteiger partial charge >= 0.3 is 0 Å². The molecule has 0 saturated carbocycles. The predicted molar refractivity (Wildman–Crippen MR) is 72.3 cm³/mol. The highest BCUT2D eigenvalue weighted by molar-refractivity contribution is 6.31. The molecule has 0 saturated heterocycles. The summed E-state index contributed by atoms with van der Waals surface area (Å²) in [5.74, 6) is -0.148. The van der Waals surface area contributed by atoms with E-state index in [2.05, 4.69) is 19.2 Å². The first-order valence-electron chi connectivity index (χ1n) is 5.94. The van der Waals surface area contributed by atoms with E-state index in [1.165, 1.54) is 0 Å². The number of carbonyl (C=O) groups excluding carboxylic acids is 1. The zero-order valence-electron chi connectivity index (χ0n) is 10.3. The molecule has 0 aromatic heterocycles. The van der Waals surface area contributed by atoms with Crippen LogP contribution < -0.4 is 11.1 Å². The van der Waals surface area contributed by atoms with E-state index in [9.17, 15) is 4.79 Å². The van der Waals surface area contributed by atoms with Gasteiger partial charge in [-0.05, 0) is 31.0 Å². The minimum Gasteiger partial charge on any atom is -0.398 e. The molecular weight excluding hydrogens is 236 g/mol. The van der Waals surface area contributed by atoms with Crippen molar-refractivity contribution in [3.63, 3.8) is 0 Å². The molecule has 1 aromatic rings. The molecule has 1 rings (SSSR count). The van der Waals surface area contributed by atoms with E-state index in [1.807, 2.05) is 0 Å². The van der Waals surface area contributed by atoms with Crippen LogP contribution >= 0.6 is 11.6 Å². The maximum atomic E-state index is 12.0. The molecule has 3 N–H and O–H groups in total. The molecule has 0 spiro atoms. The first-order valence-corrected chi connectivity index (χ1v) is 6.32. The van der Waals surface area contributed by atoms with Gasteiger partial charge in [0.15, 0.2) is 0 Å². The molecule has 1 unspecified atom stereocenters. The van der Waals surface area contributed by atoms with Crippen molar-refractivity contribution < 1.29 is 4.79 Å². The van der Waals surface area contributed by atoms with Crippen molar-refractivity contribution in [2.75, 3.05) is 5.73 Å². The summed E-state index contributed by atoms with van der Waals surface area (Å²) in [6, 6.07) is 5.13. The number of halogens is 1. The Morgan fingerprint density at radius 3 is 2.76 bits per heavy atom. The molecule has 0 aliphatic carbocycles. The van der Waals surface area contributed by atoms with Crippen LogP contribution in [0.25, 0.3) is 0 Å². The third-order valence-corrected chi connectivity index (χ3v) is 2.96. The number of nitrogens with one attached hydrogen (secondary N) is 1. The highest BCUT2D eigenvalue weighted by atomic mass is 35.5. The van der Waals surface area contributed by atoms with Gasteiger partial charge in [-0.25, -0.2) is 0 Å². The Kier molecular flexibility index (Phi) is 5.29. The lowest BCUT2D eigenvalue weighted by molar-refractivity contribution is 0.0934. The van der Waals surface area contributed by atoms with Crippen molar-refractivity contribution in [1.82, 2.24) is 5.32 Å². The fourth-order valence-corrected chi connectivity index (χ4v) is 1.89. The minimum atomic E-state index is -0.148. The summed E-state index contributed by atoms with van der Waals surface area (Å²) < 4.78 is 0. The van der Waals surface area contributed by atoms with Crippen LogP contribution in [-0.2, 0) is 0 Å². The van der Waals surface area contributed by atoms with Crippen LogP contribution in [0.5, 0.6) is 0 Å². The van der Waals surface area contributed by atoms with Gasteiger partial charge in [-0.1, -0.05) is 31.9 Å². The standard InChI is InChI=1S/C13H19ClN2O/c1-3-5-10(4-2)16-13(17)11-8-9(14)6-7-12(11)15/h6-8,10H,3-5,15H2,1-2H3,(H,16,17). The largest absolute Gasteiger partial charge is 0.398 e. The van der Waals surface area contributed by atoms with E-state index in [1.54, 1.807) is 18.2 Å². The van der Waals surface area contributed by atoms with Crippen molar-refractivity contribution in [3.8, 4) is 0 Å². The van der Waals surface area contributed by atoms with Crippen molar-refractivity contribution in [2.24, 2.45) is 0 Å². The number of carbonyl (C=O) groups is 1. The smallest absolute Gasteiger partial charge is 0.253 e. The monoisotopic (exact) mass is 254 g/mol. The van der Waals surface area contributed by atoms with E-state index < -0.39 is 0 Å². The molecule has 0 aliphatic heterocycles. The minimum absolute atomic E-state index is 0.148. The molecule has 3 nitrogen and oxygen atoms in total. The van der Waals surface area contributed by atoms with Crippen molar-refractivity contribution >= 4 is 23.2 Å². The van der Waals surface area contributed by atoms with Gasteiger partial charge in [-0.2, -0.15) is 0 Å². The summed E-state index contributed by atoms with van der Waals surface area (Å²) in [5.41, 5.74) is 6.67. The molecular formula is C13H19ClN2O. The molecule has 17 heavy (non-hydrogen) atoms. The number of rotatable bonds is 5. The molecule has 1 atom stereocenters. The number of nitrogens with two attached hydrogens (primary N) is 1. The van der Waals surface area contributed by atoms with Gasteiger partial charge in [0.05, 0.1) is 5.56 Å². The van der Waals surface area contributed by atoms with Crippen molar-refractivity contribution in [1.29, 1.82) is 0 Å². The summed E-state index contributed by atoms with van der Waals surface area (Å²) in [5, 5.41) is 3.50. The van der Waals surface area contributed by atoms with Crippen LogP contribution in [0.2, 0.25) is 5.02 Å². The van der Waals surface area contributed by atoms with Gasteiger partial charge in [0.25, 0.3) is 5.91 Å². The Bertz CT molecular complexity index is 393. The Hall–Kier alpha value is -1.22. The third-order valence-electron chi connectivity index (χ3n) is 2.73. The summed E-state index contributed by atoms with van der Waals surface area (Å²) >= 11 is 5.86. The second-order valence-electron chi connectivity index (χ2n) is 4.10. The highest BCUT2D eigenvalue weighted by Gasteiger charge is 2.14. The highest BCUT2D eigenvalue weighted by Crippen LogP contribution is 2.18. The maximum absolute atomic E-state index is 12.0. The first-order chi connectivity index (χ1) is 8.08. The molecule has 94 valence electrons. The summed E-state index contributed by atoms with van der Waals surface area (Å²) in [4.78, 5) is 12.0. The normalized spacial score (nSPS) is 12.2. The van der Waals surface area contributed by atoms with Gasteiger partial charge in [-0.15, -0.1) is 0 Å². The molecule has 0 aliphatic rings. The van der Waals surface area contributed by atoms with Crippen LogP contribution in [-0.4, -0.2) is 11.9 Å². The Balaban J connectivity index is 2.78. The first kappa shape index (κ1) is 13.8. The van der Waals surface area contributed by atoms with Gasteiger partial charge in [0.1, 0.15) is 0 Å². The van der Waals surface area contributed by atoms with E-state index in [-0.39, 0.29) is 11.9 Å². The Morgan fingerprint density at radius 1 is 1.47 bits per heavy atom. The SMILES string of the molecule is CCCC(CC)NC(=O)c1cc(Cl)ccc1N. The topological polar surface area (TPSA) is 55.1 Å². The lowest BCUT2D eigenvalue weighted by atomic mass is 10.1. The van der Waals surface area contributed by atoms with Crippen LogP contribution in [0.3, 0.4) is 0 Å². The van der Waals surface area contributed by atoms with Crippen LogP contribution in [0.1, 0.15) is 43.5 Å². The van der Waals surface area contributed by atoms with E-state index in [0.717, 1.165) is 19.3 Å². The number of anilines is 1. The number of amides is 1. The summed E-state index contributed by atoms with van der Waals surface area (Å²) in [6.45, 7) is 4.16. The molecule has 4 heteroatoms. The molecule has 1 amide bonds. The second-order valence-corrected chi connectivity index (χ2v) is 4.54. The van der Waals surface area contributed by atoms with Gasteiger partial charge in [0, 0.05) is 16.8 Å². The molecule has 0 fully saturated rings. The van der Waals surface area contributed by atoms with Crippen molar-refractivity contribution in [3.05, 3.63) is 28.8 Å². The van der Waals surface area contributed by atoms with Gasteiger partial charge in [-0.3, -0.25) is 4.79 Å². The Labute approximate surface area is 107 Å². The second kappa shape index (κ2) is 6.50. The maximum Gasteiger partial charge on any atom is 0.253 e. The van der Waals surface area contributed by atoms with E-state index in [0.29, 0.717) is 16.3 Å². The molecule has 0 radical (unpaired) electrons. The number of hydrogen-bond acceptors (Lipinski definition) is 2. The van der Waals surface area contributed by atoms with Crippen LogP contribution in [0, 0.1) is 0 Å². The quantitative estimate of drug-likeness (QED) is 0.793. The average molecular weight is 255 g/mol. The summed E-state index contributed by atoms with van der Waals surface area (Å²) in [7, 11) is 0. The number of benzene rings is 1. The van der Waals surface area contributed by atoms with Crippen LogP contribution in [0.4, 0.5) is 5.69 Å². The number of nitrogen functional groups attached to an aromatic ring is 1. The lowest BCUT2D eigenvalue weighted by Gasteiger charge is -2.16. The fraction of sp³-hybridized carbons (Fsp3) is 0.462. The lowest BCUT2D eigenvalue weighted by Crippen LogP contribution is -2.34. The molecule has 0 heterocycles. The average Bonchev–Trinajstić information content (AvgIpc) is 2.31. The number of hydrogen-bond donors (Lipinski definition) is 2. The zero-order chi connectivity index (χ0) is 12.8. The van der Waals surface area contributed by atoms with E-state index in [4.69, 9.17) is 17.3 Å². The zero-order valence-corrected chi connectivity index (χ0v) is 11.1. The van der Waals surface area contributed by atoms with Crippen LogP contribution in [0.15, 0.2) is 18.2 Å². The van der Waals surface area contributed by atoms with Crippen molar-refractivity contribution in [2.45, 2.75) is 39.2 Å². The fourth-order valence-electron chi connectivity index (χ4n) is 1.72. The predicted octanol–water partition coefficient (Wildman–Crippen LogP) is 3.23. The molecule has 0 bridgehead atoms. The summed E-state index contributed by atoms with van der Waals surface area (Å²) in [6.07, 6.45) is 2.94. The molecule has 1 aromatic carbocycles. The van der Waals surface area contributed by atoms with E-state index >= 15 is 0 Å². The Morgan fingerprint density at radius 2 is 2.18 bits per heavy atom. The third kappa shape index (κ3) is 3.93. The van der Waals surface area contributed by atoms with Gasteiger partial charge < -0.3 is 11.1 Å².